The summed E-state index contributed by atoms with van der Waals surface area (Å²) in [4.78, 5) is 11.9. The summed E-state index contributed by atoms with van der Waals surface area (Å²) in [5, 5.41) is 2.31. The van der Waals surface area contributed by atoms with Crippen molar-refractivity contribution in [1.82, 2.24) is 5.16 Å². The number of para-hydroxylation sites is 2. The van der Waals surface area contributed by atoms with Crippen molar-refractivity contribution in [3.8, 4) is 28.4 Å². The van der Waals surface area contributed by atoms with Crippen LogP contribution in [-0.2, 0) is 0 Å². The normalized spacial score (nSPS) is 11.8. The topological polar surface area (TPSA) is 64.5 Å². The molecule has 0 saturated heterocycles. The first-order valence-corrected chi connectivity index (χ1v) is 8.96. The number of hydrogen-bond donors (Lipinski definition) is 1. The summed E-state index contributed by atoms with van der Waals surface area (Å²) < 4.78 is 16.9. The molecule has 0 saturated carbocycles. The summed E-state index contributed by atoms with van der Waals surface area (Å²) in [7, 11) is 0. The fourth-order valence-electron chi connectivity index (χ4n) is 2.92. The number of ether oxygens (including phenoxy) is 2. The average Bonchev–Trinajstić information content (AvgIpc) is 3.15. The molecule has 4 aromatic rings. The van der Waals surface area contributed by atoms with Crippen LogP contribution in [0.15, 0.2) is 94.4 Å². The lowest BCUT2D eigenvalue weighted by atomic mass is 10.1. The van der Waals surface area contributed by atoms with E-state index in [0.717, 1.165) is 17.1 Å². The van der Waals surface area contributed by atoms with E-state index in [1.807, 2.05) is 85.8 Å². The van der Waals surface area contributed by atoms with Crippen LogP contribution in [0, 0.1) is 0 Å². The lowest BCUT2D eigenvalue weighted by Crippen LogP contribution is -2.06. The molecule has 1 N–H and O–H groups in total. The van der Waals surface area contributed by atoms with E-state index in [9.17, 15) is 4.79 Å². The highest BCUT2D eigenvalue weighted by atomic mass is 16.5. The highest BCUT2D eigenvalue weighted by molar-refractivity contribution is 5.68. The Hall–Kier alpha value is -3.73. The van der Waals surface area contributed by atoms with Gasteiger partial charge in [-0.05, 0) is 42.8 Å². The first kappa shape index (κ1) is 17.7. The molecule has 4 rings (SSSR count). The third kappa shape index (κ3) is 3.83. The molecule has 140 valence electrons. The molecule has 0 amide bonds. The summed E-state index contributed by atoms with van der Waals surface area (Å²) in [6.07, 6.45) is 1.18. The van der Waals surface area contributed by atoms with Crippen molar-refractivity contribution >= 4 is 0 Å². The Bertz CT molecular complexity index is 1100. The number of rotatable bonds is 6. The van der Waals surface area contributed by atoms with E-state index in [2.05, 4.69) is 5.16 Å². The van der Waals surface area contributed by atoms with Crippen molar-refractivity contribution in [2.45, 2.75) is 13.0 Å². The molecule has 1 unspecified atom stereocenters. The van der Waals surface area contributed by atoms with E-state index in [0.29, 0.717) is 16.9 Å². The summed E-state index contributed by atoms with van der Waals surface area (Å²) >= 11 is 0. The lowest BCUT2D eigenvalue weighted by molar-refractivity contribution is 0.228. The van der Waals surface area contributed by atoms with Crippen LogP contribution in [0.2, 0.25) is 0 Å². The fourth-order valence-corrected chi connectivity index (χ4v) is 2.92. The molecule has 1 heterocycles. The van der Waals surface area contributed by atoms with Crippen LogP contribution in [-0.4, -0.2) is 5.16 Å². The summed E-state index contributed by atoms with van der Waals surface area (Å²) in [5.41, 5.74) is 1.84. The molecule has 3 aromatic carbocycles. The van der Waals surface area contributed by atoms with Gasteiger partial charge in [0.15, 0.2) is 0 Å². The third-order valence-electron chi connectivity index (χ3n) is 4.38. The Labute approximate surface area is 162 Å². The Morgan fingerprint density at radius 1 is 0.821 bits per heavy atom. The maximum Gasteiger partial charge on any atom is 0.287 e. The smallest absolute Gasteiger partial charge is 0.287 e. The van der Waals surface area contributed by atoms with Gasteiger partial charge in [0.2, 0.25) is 0 Å². The maximum atomic E-state index is 11.9. The molecule has 0 bridgehead atoms. The number of H-pyrrole nitrogens is 1. The Balaban J connectivity index is 1.51. The van der Waals surface area contributed by atoms with Crippen molar-refractivity contribution in [1.29, 1.82) is 0 Å². The highest BCUT2D eigenvalue weighted by Crippen LogP contribution is 2.32. The SMILES string of the molecule is CC(Oc1ccccc1-c1co[nH]c1=O)c1ccc(Oc2ccccc2)cc1. The van der Waals surface area contributed by atoms with Gasteiger partial charge in [-0.15, -0.1) is 0 Å². The zero-order valence-electron chi connectivity index (χ0n) is 15.3. The number of nitrogens with one attached hydrogen (secondary N) is 1. The second-order valence-electron chi connectivity index (χ2n) is 6.32. The van der Waals surface area contributed by atoms with Crippen molar-refractivity contribution in [2.75, 3.05) is 0 Å². The van der Waals surface area contributed by atoms with Crippen LogP contribution in [0.25, 0.3) is 11.1 Å². The molecular weight excluding hydrogens is 354 g/mol. The largest absolute Gasteiger partial charge is 0.485 e. The maximum absolute atomic E-state index is 11.9. The van der Waals surface area contributed by atoms with Crippen molar-refractivity contribution in [2.24, 2.45) is 0 Å². The van der Waals surface area contributed by atoms with E-state index >= 15 is 0 Å². The molecule has 0 aliphatic carbocycles. The zero-order chi connectivity index (χ0) is 19.3. The van der Waals surface area contributed by atoms with Crippen LogP contribution in [0.3, 0.4) is 0 Å². The number of hydrogen-bond acceptors (Lipinski definition) is 4. The fraction of sp³-hybridized carbons (Fsp3) is 0.0870. The number of aromatic amines is 1. The van der Waals surface area contributed by atoms with Crippen molar-refractivity contribution in [3.05, 3.63) is 101 Å². The molecule has 28 heavy (non-hydrogen) atoms. The Morgan fingerprint density at radius 2 is 1.50 bits per heavy atom. The van der Waals surface area contributed by atoms with E-state index in [1.165, 1.54) is 6.26 Å². The standard InChI is InChI=1S/C23H19NO4/c1-16(17-11-13-19(14-12-17)28-18-7-3-2-4-8-18)27-22-10-6-5-9-20(22)21-15-26-24-23(21)25/h2-16H,1H3,(H,24,25). The molecule has 1 atom stereocenters. The molecule has 0 spiro atoms. The predicted octanol–water partition coefficient (Wildman–Crippen LogP) is 5.57. The van der Waals surface area contributed by atoms with Crippen molar-refractivity contribution in [3.63, 3.8) is 0 Å². The van der Waals surface area contributed by atoms with E-state index < -0.39 is 0 Å². The highest BCUT2D eigenvalue weighted by Gasteiger charge is 2.15. The summed E-state index contributed by atoms with van der Waals surface area (Å²) in [5.74, 6) is 2.16. The summed E-state index contributed by atoms with van der Waals surface area (Å²) in [6.45, 7) is 1.96. The van der Waals surface area contributed by atoms with Gasteiger partial charge in [-0.1, -0.05) is 48.5 Å². The number of aromatic nitrogens is 1. The van der Waals surface area contributed by atoms with Crippen molar-refractivity contribution < 1.29 is 14.0 Å². The Morgan fingerprint density at radius 3 is 2.21 bits per heavy atom. The van der Waals surface area contributed by atoms with Gasteiger partial charge in [0, 0.05) is 5.56 Å². The molecule has 5 nitrogen and oxygen atoms in total. The first-order valence-electron chi connectivity index (χ1n) is 8.96. The molecule has 0 radical (unpaired) electrons. The minimum absolute atomic E-state index is 0.210. The summed E-state index contributed by atoms with van der Waals surface area (Å²) in [6, 6.07) is 24.8. The van der Waals surface area contributed by atoms with Crippen LogP contribution in [0.1, 0.15) is 18.6 Å². The van der Waals surface area contributed by atoms with E-state index in [-0.39, 0.29) is 11.7 Å². The Kier molecular flexibility index (Phi) is 4.97. The van der Waals surface area contributed by atoms with Gasteiger partial charge >= 0.3 is 0 Å². The van der Waals surface area contributed by atoms with Crippen LogP contribution >= 0.6 is 0 Å². The lowest BCUT2D eigenvalue weighted by Gasteiger charge is -2.17. The second kappa shape index (κ2) is 7.88. The van der Waals surface area contributed by atoms with Gasteiger partial charge < -0.3 is 14.0 Å². The third-order valence-corrected chi connectivity index (χ3v) is 4.38. The first-order chi connectivity index (χ1) is 13.7. The number of benzene rings is 3. The minimum atomic E-state index is -0.286. The van der Waals surface area contributed by atoms with E-state index in [4.69, 9.17) is 14.0 Å². The quantitative estimate of drug-likeness (QED) is 0.480. The van der Waals surface area contributed by atoms with Gasteiger partial charge in [0.05, 0.1) is 5.56 Å². The molecule has 0 aliphatic rings. The van der Waals surface area contributed by atoms with Gasteiger partial charge in [0.25, 0.3) is 5.56 Å². The molecule has 5 heteroatoms. The monoisotopic (exact) mass is 373 g/mol. The average molecular weight is 373 g/mol. The van der Waals surface area contributed by atoms with Crippen LogP contribution < -0.4 is 15.0 Å². The molecular formula is C23H19NO4. The van der Waals surface area contributed by atoms with Gasteiger partial charge in [-0.2, -0.15) is 5.16 Å². The molecule has 0 fully saturated rings. The van der Waals surface area contributed by atoms with Gasteiger partial charge in [-0.25, -0.2) is 0 Å². The second-order valence-corrected chi connectivity index (χ2v) is 6.32. The molecule has 0 aliphatic heterocycles. The van der Waals surface area contributed by atoms with E-state index in [1.54, 1.807) is 0 Å². The van der Waals surface area contributed by atoms with Gasteiger partial charge in [-0.3, -0.25) is 4.79 Å². The minimum Gasteiger partial charge on any atom is -0.485 e. The van der Waals surface area contributed by atoms with Crippen LogP contribution in [0.5, 0.6) is 17.2 Å². The van der Waals surface area contributed by atoms with Gasteiger partial charge in [0.1, 0.15) is 29.6 Å². The van der Waals surface area contributed by atoms with Crippen LogP contribution in [0.4, 0.5) is 0 Å². The molecule has 1 aromatic heterocycles. The zero-order valence-corrected chi connectivity index (χ0v) is 15.3. The predicted molar refractivity (Wildman–Crippen MR) is 107 cm³/mol.